The van der Waals surface area contributed by atoms with E-state index >= 15 is 0 Å². The Kier molecular flexibility index (Phi) is 3.54. The van der Waals surface area contributed by atoms with Crippen LogP contribution < -0.4 is 0 Å². The summed E-state index contributed by atoms with van der Waals surface area (Å²) in [6, 6.07) is 0. The summed E-state index contributed by atoms with van der Waals surface area (Å²) in [4.78, 5) is 0. The van der Waals surface area contributed by atoms with Gasteiger partial charge in [-0.2, -0.15) is 0 Å². The van der Waals surface area contributed by atoms with E-state index in [4.69, 9.17) is 0 Å². The minimum absolute atomic E-state index is 0.0322. The Labute approximate surface area is 82.2 Å². The molecule has 76 valence electrons. The first-order valence-corrected chi connectivity index (χ1v) is 4.72. The number of aliphatic hydroxyl groups is 1. The first-order chi connectivity index (χ1) is 5.55. The van der Waals surface area contributed by atoms with Crippen molar-refractivity contribution in [1.82, 2.24) is 0 Å². The molecule has 0 aromatic rings. The van der Waals surface area contributed by atoms with E-state index in [-0.39, 0.29) is 5.41 Å². The molecule has 0 amide bonds. The molecule has 0 heterocycles. The molecular formula is C12H22O. The quantitative estimate of drug-likeness (QED) is 0.617. The van der Waals surface area contributed by atoms with Gasteiger partial charge in [-0.05, 0) is 38.7 Å². The lowest BCUT2D eigenvalue weighted by molar-refractivity contribution is 0.0984. The second-order valence-corrected chi connectivity index (χ2v) is 5.31. The highest BCUT2D eigenvalue weighted by Gasteiger charge is 2.29. The molecule has 0 aliphatic rings. The van der Waals surface area contributed by atoms with Crippen molar-refractivity contribution in [3.8, 4) is 0 Å². The predicted octanol–water partition coefficient (Wildman–Crippen LogP) is 3.29. The fourth-order valence-corrected chi connectivity index (χ4v) is 1.51. The van der Waals surface area contributed by atoms with Gasteiger partial charge in [-0.25, -0.2) is 0 Å². The van der Waals surface area contributed by atoms with Crippen molar-refractivity contribution < 1.29 is 5.11 Å². The zero-order valence-electron chi connectivity index (χ0n) is 9.95. The van der Waals surface area contributed by atoms with Gasteiger partial charge in [0.1, 0.15) is 0 Å². The molecule has 13 heavy (non-hydrogen) atoms. The maximum absolute atomic E-state index is 9.95. The third-order valence-electron chi connectivity index (χ3n) is 1.74. The van der Waals surface area contributed by atoms with Crippen LogP contribution in [0.1, 0.15) is 48.5 Å². The molecule has 0 bridgehead atoms. The number of hydrogen-bond donors (Lipinski definition) is 1. The SMILES string of the molecule is CC(C)=C=C(C(C)(C)C)C(C)(C)O. The molecule has 0 rings (SSSR count). The maximum atomic E-state index is 9.95. The lowest BCUT2D eigenvalue weighted by Gasteiger charge is -2.30. The Morgan fingerprint density at radius 3 is 1.46 bits per heavy atom. The third kappa shape index (κ3) is 4.31. The second-order valence-electron chi connectivity index (χ2n) is 5.31. The highest BCUT2D eigenvalue weighted by molar-refractivity contribution is 5.21. The Morgan fingerprint density at radius 2 is 1.38 bits per heavy atom. The molecule has 0 radical (unpaired) electrons. The summed E-state index contributed by atoms with van der Waals surface area (Å²) in [5.74, 6) is 0. The van der Waals surface area contributed by atoms with Crippen molar-refractivity contribution in [2.45, 2.75) is 54.1 Å². The molecule has 0 saturated heterocycles. The van der Waals surface area contributed by atoms with Crippen LogP contribution in [-0.4, -0.2) is 10.7 Å². The Bertz CT molecular complexity index is 219. The fourth-order valence-electron chi connectivity index (χ4n) is 1.51. The van der Waals surface area contributed by atoms with Crippen molar-refractivity contribution in [3.63, 3.8) is 0 Å². The van der Waals surface area contributed by atoms with E-state index in [0.717, 1.165) is 11.1 Å². The van der Waals surface area contributed by atoms with Gasteiger partial charge in [0.2, 0.25) is 0 Å². The molecular weight excluding hydrogens is 160 g/mol. The van der Waals surface area contributed by atoms with Crippen LogP contribution in [0.5, 0.6) is 0 Å². The van der Waals surface area contributed by atoms with Gasteiger partial charge in [0, 0.05) is 5.57 Å². The summed E-state index contributed by atoms with van der Waals surface area (Å²) in [5.41, 5.74) is 4.49. The molecule has 1 nitrogen and oxygen atoms in total. The molecule has 0 atom stereocenters. The smallest absolute Gasteiger partial charge is 0.0879 e. The van der Waals surface area contributed by atoms with E-state index in [2.05, 4.69) is 26.5 Å². The van der Waals surface area contributed by atoms with E-state index < -0.39 is 5.60 Å². The topological polar surface area (TPSA) is 20.2 Å². The summed E-state index contributed by atoms with van der Waals surface area (Å²) < 4.78 is 0. The van der Waals surface area contributed by atoms with Crippen LogP contribution in [0.25, 0.3) is 0 Å². The highest BCUT2D eigenvalue weighted by Crippen LogP contribution is 2.33. The van der Waals surface area contributed by atoms with Gasteiger partial charge in [-0.1, -0.05) is 20.8 Å². The van der Waals surface area contributed by atoms with E-state index in [0.29, 0.717) is 0 Å². The summed E-state index contributed by atoms with van der Waals surface area (Å²) in [6.07, 6.45) is 0. The molecule has 0 fully saturated rings. The van der Waals surface area contributed by atoms with Gasteiger partial charge < -0.3 is 5.11 Å². The molecule has 0 aliphatic heterocycles. The minimum Gasteiger partial charge on any atom is -0.385 e. The van der Waals surface area contributed by atoms with Crippen LogP contribution in [0.3, 0.4) is 0 Å². The van der Waals surface area contributed by atoms with Gasteiger partial charge in [-0.3, -0.25) is 0 Å². The van der Waals surface area contributed by atoms with Gasteiger partial charge in [0.25, 0.3) is 0 Å². The largest absolute Gasteiger partial charge is 0.385 e. The van der Waals surface area contributed by atoms with E-state index in [1.807, 2.05) is 27.7 Å². The van der Waals surface area contributed by atoms with Crippen molar-refractivity contribution in [1.29, 1.82) is 0 Å². The van der Waals surface area contributed by atoms with Crippen LogP contribution >= 0.6 is 0 Å². The number of hydrogen-bond acceptors (Lipinski definition) is 1. The van der Waals surface area contributed by atoms with Gasteiger partial charge in [-0.15, -0.1) is 5.73 Å². The number of rotatable bonds is 1. The van der Waals surface area contributed by atoms with E-state index in [1.165, 1.54) is 0 Å². The maximum Gasteiger partial charge on any atom is 0.0879 e. The molecule has 0 aromatic heterocycles. The van der Waals surface area contributed by atoms with Crippen LogP contribution in [0.15, 0.2) is 16.9 Å². The first-order valence-electron chi connectivity index (χ1n) is 4.72. The summed E-state index contributed by atoms with van der Waals surface area (Å²) in [7, 11) is 0. The van der Waals surface area contributed by atoms with Crippen LogP contribution in [0, 0.1) is 5.41 Å². The standard InChI is InChI=1S/C12H22O/c1-9(2)8-10(11(3,4)5)12(6,7)13/h13H,1-7H3. The van der Waals surface area contributed by atoms with Gasteiger partial charge in [0.05, 0.1) is 5.60 Å². The normalized spacial score (nSPS) is 12.3. The zero-order valence-corrected chi connectivity index (χ0v) is 9.95. The van der Waals surface area contributed by atoms with Crippen LogP contribution in [0.4, 0.5) is 0 Å². The molecule has 0 aliphatic carbocycles. The fraction of sp³-hybridized carbons (Fsp3) is 0.750. The molecule has 0 unspecified atom stereocenters. The second kappa shape index (κ2) is 3.69. The highest BCUT2D eigenvalue weighted by atomic mass is 16.3. The lowest BCUT2D eigenvalue weighted by Crippen LogP contribution is -2.30. The molecule has 1 heteroatoms. The summed E-state index contributed by atoms with van der Waals surface area (Å²) in [6.45, 7) is 13.9. The van der Waals surface area contributed by atoms with Crippen molar-refractivity contribution in [2.24, 2.45) is 5.41 Å². The van der Waals surface area contributed by atoms with Crippen molar-refractivity contribution >= 4 is 0 Å². The Hall–Kier alpha value is -0.520. The molecule has 0 saturated carbocycles. The first kappa shape index (κ1) is 12.5. The summed E-state index contributed by atoms with van der Waals surface area (Å²) >= 11 is 0. The van der Waals surface area contributed by atoms with E-state index in [1.54, 1.807) is 0 Å². The molecule has 0 aromatic carbocycles. The lowest BCUT2D eigenvalue weighted by atomic mass is 9.78. The van der Waals surface area contributed by atoms with E-state index in [9.17, 15) is 5.11 Å². The average molecular weight is 182 g/mol. The average Bonchev–Trinajstić information content (AvgIpc) is 1.77. The van der Waals surface area contributed by atoms with Crippen molar-refractivity contribution in [3.05, 3.63) is 16.9 Å². The Morgan fingerprint density at radius 1 is 1.00 bits per heavy atom. The van der Waals surface area contributed by atoms with Crippen LogP contribution in [-0.2, 0) is 0 Å². The Balaban J connectivity index is 5.41. The molecule has 1 N–H and O–H groups in total. The summed E-state index contributed by atoms with van der Waals surface area (Å²) in [5, 5.41) is 9.95. The third-order valence-corrected chi connectivity index (χ3v) is 1.74. The van der Waals surface area contributed by atoms with Crippen molar-refractivity contribution in [2.75, 3.05) is 0 Å². The minimum atomic E-state index is -0.782. The monoisotopic (exact) mass is 182 g/mol. The van der Waals surface area contributed by atoms with Gasteiger partial charge in [0.15, 0.2) is 0 Å². The predicted molar refractivity (Wildman–Crippen MR) is 57.6 cm³/mol. The van der Waals surface area contributed by atoms with Crippen LogP contribution in [0.2, 0.25) is 0 Å². The zero-order chi connectivity index (χ0) is 10.9. The molecule has 0 spiro atoms. The van der Waals surface area contributed by atoms with Gasteiger partial charge >= 0.3 is 0 Å².